The molecule has 0 saturated heterocycles. The van der Waals surface area contributed by atoms with E-state index in [1.165, 1.54) is 6.20 Å². The summed E-state index contributed by atoms with van der Waals surface area (Å²) in [6, 6.07) is 7.62. The van der Waals surface area contributed by atoms with E-state index in [-0.39, 0.29) is 18.9 Å². The van der Waals surface area contributed by atoms with Crippen LogP contribution in [0.4, 0.5) is 13.2 Å². The fraction of sp³-hybridized carbons (Fsp3) is 0.286. The van der Waals surface area contributed by atoms with Gasteiger partial charge in [0.1, 0.15) is 0 Å². The van der Waals surface area contributed by atoms with Crippen molar-refractivity contribution >= 4 is 5.91 Å². The number of halogens is 3. The van der Waals surface area contributed by atoms with Crippen LogP contribution in [0, 0.1) is 0 Å². The Bertz CT molecular complexity index is 634. The van der Waals surface area contributed by atoms with Gasteiger partial charge in [-0.25, -0.2) is 4.68 Å². The number of hydrogen-bond donors (Lipinski definition) is 2. The molecule has 0 aliphatic carbocycles. The molecule has 0 radical (unpaired) electrons. The fourth-order valence-corrected chi connectivity index (χ4v) is 1.81. The summed E-state index contributed by atoms with van der Waals surface area (Å²) in [5.74, 6) is -0.145. The minimum Gasteiger partial charge on any atom is -0.352 e. The molecular formula is C14H15F3N4O. The van der Waals surface area contributed by atoms with Gasteiger partial charge in [-0.2, -0.15) is 18.3 Å². The van der Waals surface area contributed by atoms with Gasteiger partial charge in [0.2, 0.25) is 5.91 Å². The smallest absolute Gasteiger partial charge is 0.352 e. The molecule has 22 heavy (non-hydrogen) atoms. The van der Waals surface area contributed by atoms with Gasteiger partial charge in [-0.05, 0) is 23.8 Å². The second kappa shape index (κ2) is 6.61. The number of nitrogens with zero attached hydrogens (tertiary/aromatic N) is 2. The zero-order valence-electron chi connectivity index (χ0n) is 11.6. The first-order valence-corrected chi connectivity index (χ1v) is 6.59. The van der Waals surface area contributed by atoms with Crippen LogP contribution in [-0.4, -0.2) is 22.2 Å². The minimum absolute atomic E-state index is 0.145. The van der Waals surface area contributed by atoms with Gasteiger partial charge in [-0.15, -0.1) is 0 Å². The molecule has 0 bridgehead atoms. The Morgan fingerprint density at radius 1 is 1.23 bits per heavy atom. The largest absolute Gasteiger partial charge is 0.435 e. The molecule has 0 spiro atoms. The number of alkyl halides is 3. The normalized spacial score (nSPS) is 11.5. The first kappa shape index (κ1) is 16.0. The molecule has 0 aliphatic rings. The van der Waals surface area contributed by atoms with Crippen LogP contribution in [-0.2, 0) is 17.5 Å². The van der Waals surface area contributed by atoms with Crippen molar-refractivity contribution in [3.8, 4) is 5.69 Å². The summed E-state index contributed by atoms with van der Waals surface area (Å²) >= 11 is 0. The average Bonchev–Trinajstić information content (AvgIpc) is 2.96. The summed E-state index contributed by atoms with van der Waals surface area (Å²) in [7, 11) is 0. The number of benzene rings is 1. The SMILES string of the molecule is NCCC(=O)NCc1ccc(-n2ccc(C(F)(F)F)n2)cc1. The van der Waals surface area contributed by atoms with E-state index in [2.05, 4.69) is 10.4 Å². The van der Waals surface area contributed by atoms with Crippen molar-refractivity contribution in [2.24, 2.45) is 5.73 Å². The van der Waals surface area contributed by atoms with Gasteiger partial charge in [0.25, 0.3) is 0 Å². The van der Waals surface area contributed by atoms with E-state index < -0.39 is 11.9 Å². The fourth-order valence-electron chi connectivity index (χ4n) is 1.81. The predicted molar refractivity (Wildman–Crippen MR) is 74.1 cm³/mol. The molecule has 2 rings (SSSR count). The molecule has 1 amide bonds. The van der Waals surface area contributed by atoms with Crippen LogP contribution in [0.25, 0.3) is 5.69 Å². The Morgan fingerprint density at radius 3 is 2.45 bits per heavy atom. The molecular weight excluding hydrogens is 297 g/mol. The zero-order chi connectivity index (χ0) is 16.2. The second-order valence-corrected chi connectivity index (χ2v) is 4.63. The highest BCUT2D eigenvalue weighted by Gasteiger charge is 2.33. The van der Waals surface area contributed by atoms with Gasteiger partial charge in [-0.3, -0.25) is 4.79 Å². The topological polar surface area (TPSA) is 72.9 Å². The Labute approximate surface area is 124 Å². The van der Waals surface area contributed by atoms with E-state index in [1.54, 1.807) is 24.3 Å². The molecule has 0 fully saturated rings. The van der Waals surface area contributed by atoms with Gasteiger partial charge in [0.15, 0.2) is 5.69 Å². The van der Waals surface area contributed by atoms with Crippen LogP contribution >= 0.6 is 0 Å². The molecule has 5 nitrogen and oxygen atoms in total. The zero-order valence-corrected chi connectivity index (χ0v) is 11.6. The molecule has 1 heterocycles. The lowest BCUT2D eigenvalue weighted by atomic mass is 10.2. The van der Waals surface area contributed by atoms with Gasteiger partial charge >= 0.3 is 6.18 Å². The Hall–Kier alpha value is -2.35. The van der Waals surface area contributed by atoms with Crippen molar-refractivity contribution in [2.45, 2.75) is 19.1 Å². The predicted octanol–water partition coefficient (Wildman–Crippen LogP) is 1.86. The molecule has 0 saturated carbocycles. The van der Waals surface area contributed by atoms with Gasteiger partial charge in [-0.1, -0.05) is 12.1 Å². The summed E-state index contributed by atoms with van der Waals surface area (Å²) in [5.41, 5.74) is 5.66. The number of carbonyl (C=O) groups is 1. The quantitative estimate of drug-likeness (QED) is 0.885. The first-order valence-electron chi connectivity index (χ1n) is 6.59. The molecule has 0 atom stereocenters. The molecule has 118 valence electrons. The van der Waals surface area contributed by atoms with E-state index >= 15 is 0 Å². The van der Waals surface area contributed by atoms with E-state index in [0.717, 1.165) is 16.3 Å². The summed E-state index contributed by atoms with van der Waals surface area (Å²) in [4.78, 5) is 11.3. The molecule has 0 unspecified atom stereocenters. The van der Waals surface area contributed by atoms with Crippen molar-refractivity contribution in [3.05, 3.63) is 47.8 Å². The second-order valence-electron chi connectivity index (χ2n) is 4.63. The maximum absolute atomic E-state index is 12.5. The lowest BCUT2D eigenvalue weighted by Gasteiger charge is -2.06. The Kier molecular flexibility index (Phi) is 4.81. The lowest BCUT2D eigenvalue weighted by Crippen LogP contribution is -2.24. The molecule has 1 aromatic carbocycles. The number of amides is 1. The van der Waals surface area contributed by atoms with Crippen LogP contribution in [0.5, 0.6) is 0 Å². The number of carbonyl (C=O) groups excluding carboxylic acids is 1. The Morgan fingerprint density at radius 2 is 1.91 bits per heavy atom. The van der Waals surface area contributed by atoms with E-state index in [9.17, 15) is 18.0 Å². The van der Waals surface area contributed by atoms with Crippen LogP contribution in [0.2, 0.25) is 0 Å². The minimum atomic E-state index is -4.46. The third kappa shape index (κ3) is 4.08. The number of nitrogens with two attached hydrogens (primary N) is 1. The van der Waals surface area contributed by atoms with Crippen molar-refractivity contribution in [1.82, 2.24) is 15.1 Å². The van der Waals surface area contributed by atoms with Gasteiger partial charge in [0, 0.05) is 25.7 Å². The van der Waals surface area contributed by atoms with Crippen LogP contribution in [0.1, 0.15) is 17.7 Å². The lowest BCUT2D eigenvalue weighted by molar-refractivity contribution is -0.141. The molecule has 1 aromatic heterocycles. The monoisotopic (exact) mass is 312 g/mol. The number of rotatable bonds is 5. The summed E-state index contributed by atoms with van der Waals surface area (Å²) in [5, 5.41) is 6.18. The summed E-state index contributed by atoms with van der Waals surface area (Å²) in [6.07, 6.45) is -2.95. The Balaban J connectivity index is 2.03. The summed E-state index contributed by atoms with van der Waals surface area (Å²) < 4.78 is 38.6. The van der Waals surface area contributed by atoms with E-state index in [0.29, 0.717) is 12.2 Å². The molecule has 0 aliphatic heterocycles. The highest BCUT2D eigenvalue weighted by atomic mass is 19.4. The number of nitrogens with one attached hydrogen (secondary N) is 1. The number of aromatic nitrogens is 2. The van der Waals surface area contributed by atoms with Crippen molar-refractivity contribution < 1.29 is 18.0 Å². The highest BCUT2D eigenvalue weighted by molar-refractivity contribution is 5.76. The maximum atomic E-state index is 12.5. The maximum Gasteiger partial charge on any atom is 0.435 e. The molecule has 3 N–H and O–H groups in total. The van der Waals surface area contributed by atoms with Gasteiger partial charge in [0.05, 0.1) is 5.69 Å². The van der Waals surface area contributed by atoms with Crippen molar-refractivity contribution in [1.29, 1.82) is 0 Å². The van der Waals surface area contributed by atoms with Gasteiger partial charge < -0.3 is 11.1 Å². The average molecular weight is 312 g/mol. The van der Waals surface area contributed by atoms with Crippen LogP contribution in [0.15, 0.2) is 36.5 Å². The van der Waals surface area contributed by atoms with E-state index in [4.69, 9.17) is 5.73 Å². The first-order chi connectivity index (χ1) is 10.4. The van der Waals surface area contributed by atoms with Crippen LogP contribution in [0.3, 0.4) is 0 Å². The van der Waals surface area contributed by atoms with Crippen LogP contribution < -0.4 is 11.1 Å². The highest BCUT2D eigenvalue weighted by Crippen LogP contribution is 2.27. The third-order valence-corrected chi connectivity index (χ3v) is 2.94. The standard InChI is InChI=1S/C14H15F3N4O/c15-14(16,17)12-6-8-21(20-12)11-3-1-10(2-4-11)9-19-13(22)5-7-18/h1-4,6,8H,5,7,9,18H2,(H,19,22). The third-order valence-electron chi connectivity index (χ3n) is 2.94. The van der Waals surface area contributed by atoms with E-state index in [1.807, 2.05) is 0 Å². The summed E-state index contributed by atoms with van der Waals surface area (Å²) in [6.45, 7) is 0.623. The van der Waals surface area contributed by atoms with Crippen molar-refractivity contribution in [2.75, 3.05) is 6.54 Å². The molecule has 8 heteroatoms. The molecule has 2 aromatic rings. The number of hydrogen-bond acceptors (Lipinski definition) is 3. The van der Waals surface area contributed by atoms with Crippen molar-refractivity contribution in [3.63, 3.8) is 0 Å².